The summed E-state index contributed by atoms with van der Waals surface area (Å²) in [5.74, 6) is 1.50. The Labute approximate surface area is 158 Å². The molecular weight excluding hydrogens is 407 g/mol. The minimum atomic E-state index is 0. The Morgan fingerprint density at radius 1 is 1.26 bits per heavy atom. The summed E-state index contributed by atoms with van der Waals surface area (Å²) in [5, 5.41) is 6.68. The second-order valence-electron chi connectivity index (χ2n) is 5.96. The zero-order chi connectivity index (χ0) is 16.0. The van der Waals surface area contributed by atoms with Crippen LogP contribution in [0.5, 0.6) is 0 Å². The largest absolute Gasteiger partial charge is 0.381 e. The SMILES string of the molecule is CCNC(=NCCCOCC(C)C)NCCN1CCOCC1.I. The summed E-state index contributed by atoms with van der Waals surface area (Å²) in [6.45, 7) is 15.4. The maximum absolute atomic E-state index is 5.57. The highest BCUT2D eigenvalue weighted by molar-refractivity contribution is 14.0. The Bertz CT molecular complexity index is 298. The van der Waals surface area contributed by atoms with Crippen LogP contribution in [0.1, 0.15) is 27.2 Å². The molecule has 2 N–H and O–H groups in total. The van der Waals surface area contributed by atoms with Gasteiger partial charge in [0.05, 0.1) is 13.2 Å². The molecule has 0 aromatic heterocycles. The van der Waals surface area contributed by atoms with Gasteiger partial charge in [-0.1, -0.05) is 13.8 Å². The number of rotatable bonds is 10. The molecular formula is C16H35IN4O2. The molecule has 0 spiro atoms. The van der Waals surface area contributed by atoms with Crippen molar-refractivity contribution in [3.8, 4) is 0 Å². The number of hydrogen-bond acceptors (Lipinski definition) is 4. The maximum atomic E-state index is 5.57. The van der Waals surface area contributed by atoms with Crippen LogP contribution in [0.3, 0.4) is 0 Å². The summed E-state index contributed by atoms with van der Waals surface area (Å²) in [4.78, 5) is 7.00. The number of nitrogens with one attached hydrogen (secondary N) is 2. The lowest BCUT2D eigenvalue weighted by atomic mass is 10.2. The molecule has 1 fully saturated rings. The van der Waals surface area contributed by atoms with Crippen LogP contribution in [0, 0.1) is 5.92 Å². The summed E-state index contributed by atoms with van der Waals surface area (Å²) >= 11 is 0. The molecule has 0 aromatic rings. The van der Waals surface area contributed by atoms with Gasteiger partial charge >= 0.3 is 0 Å². The highest BCUT2D eigenvalue weighted by Crippen LogP contribution is 1.95. The zero-order valence-corrected chi connectivity index (χ0v) is 17.3. The van der Waals surface area contributed by atoms with Crippen LogP contribution in [0.4, 0.5) is 0 Å². The molecule has 0 saturated carbocycles. The van der Waals surface area contributed by atoms with Gasteiger partial charge in [-0.3, -0.25) is 9.89 Å². The second-order valence-corrected chi connectivity index (χ2v) is 5.96. The topological polar surface area (TPSA) is 58.1 Å². The second kappa shape index (κ2) is 15.4. The van der Waals surface area contributed by atoms with Gasteiger partial charge in [0.25, 0.3) is 0 Å². The maximum Gasteiger partial charge on any atom is 0.191 e. The van der Waals surface area contributed by atoms with E-state index < -0.39 is 0 Å². The van der Waals surface area contributed by atoms with E-state index >= 15 is 0 Å². The smallest absolute Gasteiger partial charge is 0.191 e. The van der Waals surface area contributed by atoms with Crippen molar-refractivity contribution in [3.63, 3.8) is 0 Å². The minimum absolute atomic E-state index is 0. The van der Waals surface area contributed by atoms with E-state index in [9.17, 15) is 0 Å². The van der Waals surface area contributed by atoms with Gasteiger partial charge in [0.2, 0.25) is 0 Å². The minimum Gasteiger partial charge on any atom is -0.381 e. The molecule has 0 atom stereocenters. The van der Waals surface area contributed by atoms with Crippen molar-refractivity contribution in [2.75, 3.05) is 65.7 Å². The van der Waals surface area contributed by atoms with Gasteiger partial charge in [-0.05, 0) is 19.3 Å². The van der Waals surface area contributed by atoms with Gasteiger partial charge in [-0.15, -0.1) is 24.0 Å². The number of ether oxygens (including phenoxy) is 2. The average molecular weight is 442 g/mol. The number of aliphatic imine (C=N–C) groups is 1. The first-order chi connectivity index (χ1) is 10.7. The van der Waals surface area contributed by atoms with Crippen LogP contribution in [-0.2, 0) is 9.47 Å². The van der Waals surface area contributed by atoms with Crippen LogP contribution in [0.25, 0.3) is 0 Å². The number of morpholine rings is 1. The van der Waals surface area contributed by atoms with Crippen LogP contribution in [0.15, 0.2) is 4.99 Å². The lowest BCUT2D eigenvalue weighted by molar-refractivity contribution is 0.0389. The molecule has 0 radical (unpaired) electrons. The molecule has 0 amide bonds. The van der Waals surface area contributed by atoms with Crippen LogP contribution in [0.2, 0.25) is 0 Å². The summed E-state index contributed by atoms with van der Waals surface area (Å²) in [6, 6.07) is 0. The van der Waals surface area contributed by atoms with E-state index in [1.807, 2.05) is 0 Å². The molecule has 1 aliphatic heterocycles. The Morgan fingerprint density at radius 3 is 2.65 bits per heavy atom. The predicted octanol–water partition coefficient (Wildman–Crippen LogP) is 1.55. The lowest BCUT2D eigenvalue weighted by Crippen LogP contribution is -2.44. The third-order valence-corrected chi connectivity index (χ3v) is 3.34. The Morgan fingerprint density at radius 2 is 2.00 bits per heavy atom. The van der Waals surface area contributed by atoms with Gasteiger partial charge in [0.1, 0.15) is 0 Å². The number of hydrogen-bond donors (Lipinski definition) is 2. The molecule has 1 saturated heterocycles. The predicted molar refractivity (Wildman–Crippen MR) is 107 cm³/mol. The Kier molecular flexibility index (Phi) is 15.3. The fourth-order valence-electron chi connectivity index (χ4n) is 2.18. The molecule has 0 unspecified atom stereocenters. The van der Waals surface area contributed by atoms with Crippen molar-refractivity contribution >= 4 is 29.9 Å². The third-order valence-electron chi connectivity index (χ3n) is 3.34. The van der Waals surface area contributed by atoms with E-state index in [4.69, 9.17) is 9.47 Å². The highest BCUT2D eigenvalue weighted by Gasteiger charge is 2.09. The standard InChI is InChI=1S/C16H34N4O2.HI/c1-4-17-16(18-6-5-11-22-14-15(2)3)19-7-8-20-9-12-21-13-10-20;/h15H,4-14H2,1-3H3,(H2,17,18,19);1H. The van der Waals surface area contributed by atoms with E-state index in [1.54, 1.807) is 0 Å². The van der Waals surface area contributed by atoms with Crippen molar-refractivity contribution in [2.45, 2.75) is 27.2 Å². The summed E-state index contributed by atoms with van der Waals surface area (Å²) < 4.78 is 10.9. The van der Waals surface area contributed by atoms with E-state index in [-0.39, 0.29) is 24.0 Å². The quantitative estimate of drug-likeness (QED) is 0.233. The molecule has 1 aliphatic rings. The average Bonchev–Trinajstić information content (AvgIpc) is 2.51. The number of halogens is 1. The first-order valence-electron chi connectivity index (χ1n) is 8.62. The summed E-state index contributed by atoms with van der Waals surface area (Å²) in [7, 11) is 0. The van der Waals surface area contributed by atoms with E-state index in [0.29, 0.717) is 5.92 Å². The zero-order valence-electron chi connectivity index (χ0n) is 15.0. The van der Waals surface area contributed by atoms with Crippen molar-refractivity contribution in [1.82, 2.24) is 15.5 Å². The third kappa shape index (κ3) is 12.9. The van der Waals surface area contributed by atoms with Crippen molar-refractivity contribution in [3.05, 3.63) is 0 Å². The summed E-state index contributed by atoms with van der Waals surface area (Å²) in [6.07, 6.45) is 0.965. The first kappa shape index (κ1) is 22.9. The molecule has 6 nitrogen and oxygen atoms in total. The fraction of sp³-hybridized carbons (Fsp3) is 0.938. The van der Waals surface area contributed by atoms with Crippen LogP contribution < -0.4 is 10.6 Å². The Balaban J connectivity index is 0.00000484. The van der Waals surface area contributed by atoms with Gasteiger partial charge in [0, 0.05) is 52.5 Å². The van der Waals surface area contributed by atoms with Crippen LogP contribution >= 0.6 is 24.0 Å². The number of guanidine groups is 1. The molecule has 138 valence electrons. The van der Waals surface area contributed by atoms with E-state index in [0.717, 1.165) is 78.1 Å². The van der Waals surface area contributed by atoms with Crippen molar-refractivity contribution in [1.29, 1.82) is 0 Å². The molecule has 0 bridgehead atoms. The molecule has 0 aromatic carbocycles. The fourth-order valence-corrected chi connectivity index (χ4v) is 2.18. The van der Waals surface area contributed by atoms with Gasteiger partial charge in [-0.2, -0.15) is 0 Å². The van der Waals surface area contributed by atoms with Crippen molar-refractivity contribution < 1.29 is 9.47 Å². The van der Waals surface area contributed by atoms with Gasteiger partial charge < -0.3 is 20.1 Å². The molecule has 23 heavy (non-hydrogen) atoms. The monoisotopic (exact) mass is 442 g/mol. The van der Waals surface area contributed by atoms with Gasteiger partial charge in [0.15, 0.2) is 5.96 Å². The normalized spacial score (nSPS) is 16.3. The number of nitrogens with zero attached hydrogens (tertiary/aromatic N) is 2. The molecule has 1 heterocycles. The van der Waals surface area contributed by atoms with E-state index in [2.05, 4.69) is 41.3 Å². The highest BCUT2D eigenvalue weighted by atomic mass is 127. The molecule has 7 heteroatoms. The van der Waals surface area contributed by atoms with Crippen molar-refractivity contribution in [2.24, 2.45) is 10.9 Å². The van der Waals surface area contributed by atoms with Gasteiger partial charge in [-0.25, -0.2) is 0 Å². The van der Waals surface area contributed by atoms with E-state index in [1.165, 1.54) is 0 Å². The van der Waals surface area contributed by atoms with Crippen LogP contribution in [-0.4, -0.2) is 76.6 Å². The molecule has 1 rings (SSSR count). The first-order valence-corrected chi connectivity index (χ1v) is 8.62. The Hall–Kier alpha value is -0.120. The lowest BCUT2D eigenvalue weighted by Gasteiger charge is -2.26. The summed E-state index contributed by atoms with van der Waals surface area (Å²) in [5.41, 5.74) is 0. The molecule has 0 aliphatic carbocycles.